The Hall–Kier alpha value is -0.730. The lowest BCUT2D eigenvalue weighted by atomic mass is 10.0. The van der Waals surface area contributed by atoms with E-state index in [0.29, 0.717) is 0 Å². The standard InChI is InChI=1S/C16H17BrS/c1-3-12-8-10-13(11-9-12)16(17)14-6-4-5-7-15(14)18-2/h4-11,16H,3H2,1-2H3. The molecule has 0 nitrogen and oxygen atoms in total. The molecule has 2 heteroatoms. The highest BCUT2D eigenvalue weighted by Crippen LogP contribution is 2.36. The average molecular weight is 321 g/mol. The third kappa shape index (κ3) is 2.99. The van der Waals surface area contributed by atoms with E-state index in [-0.39, 0.29) is 4.83 Å². The molecule has 2 rings (SSSR count). The fourth-order valence-electron chi connectivity index (χ4n) is 1.98. The maximum Gasteiger partial charge on any atom is 0.0655 e. The Morgan fingerprint density at radius 1 is 1.06 bits per heavy atom. The third-order valence-electron chi connectivity index (χ3n) is 3.09. The van der Waals surface area contributed by atoms with Crippen molar-refractivity contribution in [2.75, 3.05) is 6.26 Å². The molecular formula is C16H17BrS. The number of rotatable bonds is 4. The van der Waals surface area contributed by atoms with Gasteiger partial charge in [0.2, 0.25) is 0 Å². The van der Waals surface area contributed by atoms with Gasteiger partial charge in [-0.05, 0) is 35.4 Å². The Balaban J connectivity index is 2.31. The van der Waals surface area contributed by atoms with Crippen molar-refractivity contribution in [3.8, 4) is 0 Å². The van der Waals surface area contributed by atoms with E-state index in [2.05, 4.69) is 77.6 Å². The number of alkyl halides is 1. The van der Waals surface area contributed by atoms with Crippen LogP contribution in [0.2, 0.25) is 0 Å². The van der Waals surface area contributed by atoms with Crippen LogP contribution in [0.15, 0.2) is 53.4 Å². The zero-order valence-electron chi connectivity index (χ0n) is 10.7. The first-order chi connectivity index (χ1) is 8.76. The number of thioether (sulfide) groups is 1. The van der Waals surface area contributed by atoms with E-state index >= 15 is 0 Å². The second-order valence-corrected chi connectivity index (χ2v) is 5.96. The van der Waals surface area contributed by atoms with Crippen LogP contribution in [0.1, 0.15) is 28.4 Å². The molecule has 0 aliphatic heterocycles. The van der Waals surface area contributed by atoms with Gasteiger partial charge in [-0.1, -0.05) is 65.3 Å². The molecule has 0 amide bonds. The van der Waals surface area contributed by atoms with Crippen LogP contribution in [-0.4, -0.2) is 6.26 Å². The summed E-state index contributed by atoms with van der Waals surface area (Å²) in [4.78, 5) is 1.60. The van der Waals surface area contributed by atoms with Gasteiger partial charge in [0.25, 0.3) is 0 Å². The van der Waals surface area contributed by atoms with Gasteiger partial charge in [-0.3, -0.25) is 0 Å². The molecule has 2 aromatic carbocycles. The minimum atomic E-state index is 0.270. The minimum Gasteiger partial charge on any atom is -0.129 e. The second kappa shape index (κ2) is 6.44. The summed E-state index contributed by atoms with van der Waals surface area (Å²) < 4.78 is 0. The molecule has 1 unspecified atom stereocenters. The van der Waals surface area contributed by atoms with E-state index in [1.165, 1.54) is 21.6 Å². The number of aryl methyl sites for hydroxylation is 1. The topological polar surface area (TPSA) is 0 Å². The van der Waals surface area contributed by atoms with E-state index in [4.69, 9.17) is 0 Å². The molecule has 0 bridgehead atoms. The third-order valence-corrected chi connectivity index (χ3v) is 4.93. The lowest BCUT2D eigenvalue weighted by Gasteiger charge is -2.14. The molecule has 0 radical (unpaired) electrons. The predicted molar refractivity (Wildman–Crippen MR) is 84.8 cm³/mol. The van der Waals surface area contributed by atoms with Crippen molar-refractivity contribution >= 4 is 27.7 Å². The number of hydrogen-bond donors (Lipinski definition) is 0. The Morgan fingerprint density at radius 2 is 1.72 bits per heavy atom. The summed E-state index contributed by atoms with van der Waals surface area (Å²) in [5, 5.41) is 0. The molecule has 0 heterocycles. The van der Waals surface area contributed by atoms with Crippen LogP contribution >= 0.6 is 27.7 Å². The van der Waals surface area contributed by atoms with E-state index in [1.807, 2.05) is 0 Å². The van der Waals surface area contributed by atoms with Crippen LogP contribution in [0.5, 0.6) is 0 Å². The highest BCUT2D eigenvalue weighted by molar-refractivity contribution is 9.09. The van der Waals surface area contributed by atoms with Gasteiger partial charge in [-0.2, -0.15) is 0 Å². The van der Waals surface area contributed by atoms with Gasteiger partial charge in [0, 0.05) is 4.90 Å². The first-order valence-electron chi connectivity index (χ1n) is 6.12. The number of halogens is 1. The van der Waals surface area contributed by atoms with Crippen LogP contribution in [-0.2, 0) is 6.42 Å². The van der Waals surface area contributed by atoms with E-state index in [9.17, 15) is 0 Å². The van der Waals surface area contributed by atoms with Crippen molar-refractivity contribution in [1.29, 1.82) is 0 Å². The summed E-state index contributed by atoms with van der Waals surface area (Å²) in [5.74, 6) is 0. The van der Waals surface area contributed by atoms with Crippen molar-refractivity contribution in [3.05, 3.63) is 65.2 Å². The van der Waals surface area contributed by atoms with Gasteiger partial charge in [0.15, 0.2) is 0 Å². The first-order valence-corrected chi connectivity index (χ1v) is 8.26. The minimum absolute atomic E-state index is 0.270. The van der Waals surface area contributed by atoms with E-state index < -0.39 is 0 Å². The van der Waals surface area contributed by atoms with Gasteiger partial charge < -0.3 is 0 Å². The van der Waals surface area contributed by atoms with Gasteiger partial charge in [-0.15, -0.1) is 11.8 Å². The van der Waals surface area contributed by atoms with Crippen LogP contribution < -0.4 is 0 Å². The fourth-order valence-corrected chi connectivity index (χ4v) is 3.47. The number of hydrogen-bond acceptors (Lipinski definition) is 1. The van der Waals surface area contributed by atoms with Gasteiger partial charge in [-0.25, -0.2) is 0 Å². The molecule has 2 aromatic rings. The molecule has 0 aliphatic rings. The Bertz CT molecular complexity index is 505. The summed E-state index contributed by atoms with van der Waals surface area (Å²) >= 11 is 5.61. The first kappa shape index (κ1) is 13.7. The SMILES string of the molecule is CCc1ccc(C(Br)c2ccccc2SC)cc1. The second-order valence-electron chi connectivity index (χ2n) is 4.20. The predicted octanol–water partition coefficient (Wildman–Crippen LogP) is 5.46. The van der Waals surface area contributed by atoms with Crippen LogP contribution in [0.4, 0.5) is 0 Å². The van der Waals surface area contributed by atoms with Gasteiger partial charge in [0.05, 0.1) is 4.83 Å². The molecule has 0 aliphatic carbocycles. The lowest BCUT2D eigenvalue weighted by Crippen LogP contribution is -1.95. The molecule has 0 N–H and O–H groups in total. The smallest absolute Gasteiger partial charge is 0.0655 e. The van der Waals surface area contributed by atoms with Crippen LogP contribution in [0, 0.1) is 0 Å². The Kier molecular flexibility index (Phi) is 4.90. The van der Waals surface area contributed by atoms with Crippen molar-refractivity contribution in [2.45, 2.75) is 23.1 Å². The largest absolute Gasteiger partial charge is 0.129 e. The molecule has 1 atom stereocenters. The lowest BCUT2D eigenvalue weighted by molar-refractivity contribution is 1.09. The average Bonchev–Trinajstić information content (AvgIpc) is 2.46. The Labute approximate surface area is 122 Å². The molecule has 0 aromatic heterocycles. The molecule has 0 saturated carbocycles. The summed E-state index contributed by atoms with van der Waals surface area (Å²) in [6, 6.07) is 17.4. The molecule has 0 saturated heterocycles. The molecular weight excluding hydrogens is 304 g/mol. The summed E-state index contributed by atoms with van der Waals surface area (Å²) in [6.45, 7) is 2.18. The molecule has 94 valence electrons. The zero-order valence-corrected chi connectivity index (χ0v) is 13.1. The van der Waals surface area contributed by atoms with E-state index in [0.717, 1.165) is 6.42 Å². The zero-order chi connectivity index (χ0) is 13.0. The highest BCUT2D eigenvalue weighted by Gasteiger charge is 2.13. The quantitative estimate of drug-likeness (QED) is 0.532. The number of benzene rings is 2. The maximum atomic E-state index is 3.82. The van der Waals surface area contributed by atoms with Crippen molar-refractivity contribution < 1.29 is 0 Å². The molecule has 18 heavy (non-hydrogen) atoms. The fraction of sp³-hybridized carbons (Fsp3) is 0.250. The monoisotopic (exact) mass is 320 g/mol. The Morgan fingerprint density at radius 3 is 2.33 bits per heavy atom. The summed E-state index contributed by atoms with van der Waals surface area (Å²) in [5.41, 5.74) is 4.04. The normalized spacial score (nSPS) is 12.4. The molecule has 0 spiro atoms. The summed E-state index contributed by atoms with van der Waals surface area (Å²) in [7, 11) is 0. The highest BCUT2D eigenvalue weighted by atomic mass is 79.9. The van der Waals surface area contributed by atoms with Crippen molar-refractivity contribution in [1.82, 2.24) is 0 Å². The van der Waals surface area contributed by atoms with Gasteiger partial charge >= 0.3 is 0 Å². The summed E-state index contributed by atoms with van der Waals surface area (Å²) in [6.07, 6.45) is 3.22. The van der Waals surface area contributed by atoms with Crippen LogP contribution in [0.25, 0.3) is 0 Å². The van der Waals surface area contributed by atoms with Crippen molar-refractivity contribution in [2.24, 2.45) is 0 Å². The van der Waals surface area contributed by atoms with Crippen molar-refractivity contribution in [3.63, 3.8) is 0 Å². The van der Waals surface area contributed by atoms with Crippen LogP contribution in [0.3, 0.4) is 0 Å². The van der Waals surface area contributed by atoms with Gasteiger partial charge in [0.1, 0.15) is 0 Å². The molecule has 0 fully saturated rings. The van der Waals surface area contributed by atoms with E-state index in [1.54, 1.807) is 11.8 Å². The maximum absolute atomic E-state index is 3.82.